The number of rotatable bonds is 5. The number of aryl methyl sites for hydroxylation is 1. The van der Waals surface area contributed by atoms with Crippen LogP contribution in [0.25, 0.3) is 0 Å². The Balaban J connectivity index is 0.000000445. The Hall–Kier alpha value is -2.47. The van der Waals surface area contributed by atoms with Gasteiger partial charge in [-0.05, 0) is 31.7 Å². The summed E-state index contributed by atoms with van der Waals surface area (Å²) in [4.78, 5) is 27.8. The van der Waals surface area contributed by atoms with Gasteiger partial charge in [0.05, 0.1) is 6.10 Å². The SMILES string of the molecule is Cc1cc(C(=O)O)nc(NCC(O)C2CCOCC2)n1.O=C(O)C(F)(F)F. The van der Waals surface area contributed by atoms with E-state index in [4.69, 9.17) is 19.7 Å². The lowest BCUT2D eigenvalue weighted by Crippen LogP contribution is -2.33. The minimum atomic E-state index is -5.08. The number of alkyl halides is 3. The number of carbonyl (C=O) groups is 2. The molecule has 0 spiro atoms. The molecule has 1 atom stereocenters. The number of aliphatic carboxylic acids is 1. The highest BCUT2D eigenvalue weighted by Gasteiger charge is 2.38. The van der Waals surface area contributed by atoms with Gasteiger partial charge >= 0.3 is 18.1 Å². The van der Waals surface area contributed by atoms with Crippen molar-refractivity contribution in [3.05, 3.63) is 17.5 Å². The van der Waals surface area contributed by atoms with E-state index in [9.17, 15) is 23.1 Å². The lowest BCUT2D eigenvalue weighted by atomic mass is 9.94. The second kappa shape index (κ2) is 10.0. The quantitative estimate of drug-likeness (QED) is 0.580. The maximum Gasteiger partial charge on any atom is 0.490 e. The number of aliphatic hydroxyl groups excluding tert-OH is 1. The molecule has 0 radical (unpaired) electrons. The van der Waals surface area contributed by atoms with Crippen LogP contribution in [0.1, 0.15) is 29.0 Å². The third-order valence-corrected chi connectivity index (χ3v) is 3.60. The van der Waals surface area contributed by atoms with Crippen molar-refractivity contribution in [1.29, 1.82) is 0 Å². The summed E-state index contributed by atoms with van der Waals surface area (Å²) in [6.07, 6.45) is -3.94. The van der Waals surface area contributed by atoms with Crippen LogP contribution in [-0.2, 0) is 9.53 Å². The predicted octanol–water partition coefficient (Wildman–Crippen LogP) is 1.32. The Bertz CT molecular complexity index is 650. The van der Waals surface area contributed by atoms with Crippen LogP contribution in [0.4, 0.5) is 19.1 Å². The molecule has 27 heavy (non-hydrogen) atoms. The molecule has 1 fully saturated rings. The van der Waals surface area contributed by atoms with Crippen molar-refractivity contribution in [3.63, 3.8) is 0 Å². The zero-order chi connectivity index (χ0) is 20.6. The lowest BCUT2D eigenvalue weighted by molar-refractivity contribution is -0.192. The van der Waals surface area contributed by atoms with E-state index in [1.807, 2.05) is 0 Å². The van der Waals surface area contributed by atoms with E-state index in [0.717, 1.165) is 12.8 Å². The van der Waals surface area contributed by atoms with E-state index >= 15 is 0 Å². The first kappa shape index (κ1) is 22.6. The largest absolute Gasteiger partial charge is 0.490 e. The molecule has 1 aliphatic heterocycles. The highest BCUT2D eigenvalue weighted by Crippen LogP contribution is 2.19. The van der Waals surface area contributed by atoms with E-state index in [1.54, 1.807) is 6.92 Å². The zero-order valence-electron chi connectivity index (χ0n) is 14.4. The van der Waals surface area contributed by atoms with Gasteiger partial charge in [0.1, 0.15) is 0 Å². The molecule has 9 nitrogen and oxygen atoms in total. The van der Waals surface area contributed by atoms with Gasteiger partial charge in [-0.25, -0.2) is 19.6 Å². The smallest absolute Gasteiger partial charge is 0.477 e. The van der Waals surface area contributed by atoms with Crippen LogP contribution in [-0.4, -0.2) is 69.3 Å². The van der Waals surface area contributed by atoms with Crippen molar-refractivity contribution in [2.24, 2.45) is 5.92 Å². The summed E-state index contributed by atoms with van der Waals surface area (Å²) in [6.45, 7) is 3.35. The Morgan fingerprint density at radius 2 is 1.85 bits per heavy atom. The second-order valence-corrected chi connectivity index (χ2v) is 5.72. The van der Waals surface area contributed by atoms with Crippen molar-refractivity contribution in [3.8, 4) is 0 Å². The highest BCUT2D eigenvalue weighted by molar-refractivity contribution is 5.85. The van der Waals surface area contributed by atoms with Gasteiger partial charge in [0.2, 0.25) is 5.95 Å². The number of carboxylic acids is 2. The third-order valence-electron chi connectivity index (χ3n) is 3.60. The highest BCUT2D eigenvalue weighted by atomic mass is 19.4. The normalized spacial score (nSPS) is 16.0. The Kier molecular flexibility index (Phi) is 8.37. The van der Waals surface area contributed by atoms with Gasteiger partial charge in [-0.15, -0.1) is 0 Å². The molecule has 152 valence electrons. The number of aromatic nitrogens is 2. The maximum absolute atomic E-state index is 10.9. The van der Waals surface area contributed by atoms with Gasteiger partial charge in [-0.1, -0.05) is 0 Å². The molecule has 1 aromatic heterocycles. The van der Waals surface area contributed by atoms with Crippen LogP contribution in [0.3, 0.4) is 0 Å². The van der Waals surface area contributed by atoms with E-state index in [2.05, 4.69) is 15.3 Å². The molecule has 4 N–H and O–H groups in total. The fraction of sp³-hybridized carbons (Fsp3) is 0.600. The van der Waals surface area contributed by atoms with Crippen LogP contribution in [0, 0.1) is 12.8 Å². The third kappa shape index (κ3) is 8.17. The number of ether oxygens (including phenoxy) is 1. The van der Waals surface area contributed by atoms with Gasteiger partial charge in [0.25, 0.3) is 0 Å². The first-order chi connectivity index (χ1) is 12.5. The van der Waals surface area contributed by atoms with Crippen molar-refractivity contribution in [2.45, 2.75) is 32.0 Å². The van der Waals surface area contributed by atoms with E-state index in [1.165, 1.54) is 6.07 Å². The Morgan fingerprint density at radius 1 is 1.30 bits per heavy atom. The number of anilines is 1. The molecule has 1 aromatic rings. The number of hydrogen-bond acceptors (Lipinski definition) is 7. The Morgan fingerprint density at radius 3 is 2.33 bits per heavy atom. The van der Waals surface area contributed by atoms with Gasteiger partial charge in [0.15, 0.2) is 5.69 Å². The van der Waals surface area contributed by atoms with Crippen molar-refractivity contribution < 1.29 is 42.8 Å². The van der Waals surface area contributed by atoms with Crippen molar-refractivity contribution in [1.82, 2.24) is 9.97 Å². The summed E-state index contributed by atoms with van der Waals surface area (Å²) in [5.74, 6) is -3.43. The van der Waals surface area contributed by atoms with E-state index < -0.39 is 24.2 Å². The zero-order valence-corrected chi connectivity index (χ0v) is 14.4. The fourth-order valence-electron chi connectivity index (χ4n) is 2.22. The molecular formula is C15H20F3N3O6. The number of halogens is 3. The average molecular weight is 395 g/mol. The number of aliphatic hydroxyl groups is 1. The van der Waals surface area contributed by atoms with Gasteiger partial charge in [0, 0.05) is 25.5 Å². The number of carboxylic acid groups (broad SMARTS) is 2. The molecule has 0 aliphatic carbocycles. The molecule has 1 aliphatic rings. The topological polar surface area (TPSA) is 142 Å². The Labute approximate surface area is 152 Å². The van der Waals surface area contributed by atoms with Crippen molar-refractivity contribution in [2.75, 3.05) is 25.1 Å². The van der Waals surface area contributed by atoms with Crippen LogP contribution in [0.5, 0.6) is 0 Å². The summed E-state index contributed by atoms with van der Waals surface area (Å²) in [6, 6.07) is 1.41. The molecule has 0 bridgehead atoms. The van der Waals surface area contributed by atoms with Crippen LogP contribution in [0.2, 0.25) is 0 Å². The minimum Gasteiger partial charge on any atom is -0.477 e. The van der Waals surface area contributed by atoms with Gasteiger partial charge in [-0.3, -0.25) is 0 Å². The average Bonchev–Trinajstić information content (AvgIpc) is 2.59. The minimum absolute atomic E-state index is 0.0550. The summed E-state index contributed by atoms with van der Waals surface area (Å²) in [7, 11) is 0. The first-order valence-electron chi connectivity index (χ1n) is 7.89. The number of aromatic carboxylic acids is 1. The van der Waals surface area contributed by atoms with Crippen LogP contribution < -0.4 is 5.32 Å². The molecule has 2 heterocycles. The molecule has 1 saturated heterocycles. The molecule has 12 heteroatoms. The predicted molar refractivity (Wildman–Crippen MR) is 85.5 cm³/mol. The number of nitrogens with zero attached hydrogens (tertiary/aromatic N) is 2. The van der Waals surface area contributed by atoms with Crippen LogP contribution in [0.15, 0.2) is 6.07 Å². The summed E-state index contributed by atoms with van der Waals surface area (Å²) in [5.41, 5.74) is 0.515. The second-order valence-electron chi connectivity index (χ2n) is 5.72. The van der Waals surface area contributed by atoms with Gasteiger partial charge in [-0.2, -0.15) is 13.2 Å². The molecule has 0 aromatic carbocycles. The molecular weight excluding hydrogens is 375 g/mol. The van der Waals surface area contributed by atoms with E-state index in [0.29, 0.717) is 25.5 Å². The molecule has 2 rings (SSSR count). The van der Waals surface area contributed by atoms with E-state index in [-0.39, 0.29) is 17.6 Å². The summed E-state index contributed by atoms with van der Waals surface area (Å²) >= 11 is 0. The van der Waals surface area contributed by atoms with Gasteiger partial charge < -0.3 is 25.4 Å². The maximum atomic E-state index is 10.9. The number of hydrogen-bond donors (Lipinski definition) is 4. The fourth-order valence-corrected chi connectivity index (χ4v) is 2.22. The standard InChI is InChI=1S/C13H19N3O4.C2HF3O2/c1-8-6-10(12(18)19)16-13(15-8)14-7-11(17)9-2-4-20-5-3-9;3-2(4,5)1(6)7/h6,9,11,17H,2-5,7H2,1H3,(H,18,19)(H,14,15,16);(H,6,7). The molecule has 0 amide bonds. The molecule has 1 unspecified atom stereocenters. The lowest BCUT2D eigenvalue weighted by Gasteiger charge is -2.26. The first-order valence-corrected chi connectivity index (χ1v) is 7.89. The van der Waals surface area contributed by atoms with Crippen LogP contribution >= 0.6 is 0 Å². The van der Waals surface area contributed by atoms with Crippen molar-refractivity contribution >= 4 is 17.9 Å². The molecule has 0 saturated carbocycles. The monoisotopic (exact) mass is 395 g/mol. The summed E-state index contributed by atoms with van der Waals surface area (Å²) in [5, 5.41) is 29.1. The summed E-state index contributed by atoms with van der Waals surface area (Å²) < 4.78 is 37.0. The number of nitrogens with one attached hydrogen (secondary N) is 1.